The fourth-order valence-electron chi connectivity index (χ4n) is 3.01. The van der Waals surface area contributed by atoms with Crippen LogP contribution in [0.1, 0.15) is 13.3 Å². The SMILES string of the molecule is CC1CN(C)CCCN1c1ccc2cc(N)ccc2n1. The molecule has 106 valence electrons. The second-order valence-corrected chi connectivity index (χ2v) is 5.78. The number of nitrogens with zero attached hydrogens (tertiary/aromatic N) is 3. The normalized spacial score (nSPS) is 21.1. The Balaban J connectivity index is 1.94. The van der Waals surface area contributed by atoms with Gasteiger partial charge in [-0.2, -0.15) is 0 Å². The number of anilines is 2. The van der Waals surface area contributed by atoms with E-state index in [2.05, 4.69) is 35.9 Å². The van der Waals surface area contributed by atoms with Gasteiger partial charge < -0.3 is 15.5 Å². The smallest absolute Gasteiger partial charge is 0.129 e. The summed E-state index contributed by atoms with van der Waals surface area (Å²) in [6, 6.07) is 10.6. The molecule has 1 aromatic heterocycles. The molecule has 0 bridgehead atoms. The molecule has 0 aliphatic carbocycles. The van der Waals surface area contributed by atoms with Crippen molar-refractivity contribution in [3.8, 4) is 0 Å². The Morgan fingerprint density at radius 1 is 1.20 bits per heavy atom. The first kappa shape index (κ1) is 13.2. The van der Waals surface area contributed by atoms with Gasteiger partial charge in [-0.1, -0.05) is 0 Å². The number of hydrogen-bond acceptors (Lipinski definition) is 4. The number of nitrogens with two attached hydrogens (primary N) is 1. The van der Waals surface area contributed by atoms with Crippen LogP contribution in [0.15, 0.2) is 30.3 Å². The minimum atomic E-state index is 0.487. The first-order valence-electron chi connectivity index (χ1n) is 7.25. The van der Waals surface area contributed by atoms with Crippen LogP contribution in [0.2, 0.25) is 0 Å². The van der Waals surface area contributed by atoms with E-state index in [1.54, 1.807) is 0 Å². The fourth-order valence-corrected chi connectivity index (χ4v) is 3.01. The fraction of sp³-hybridized carbons (Fsp3) is 0.438. The van der Waals surface area contributed by atoms with Crippen molar-refractivity contribution >= 4 is 22.4 Å². The van der Waals surface area contributed by atoms with Gasteiger partial charge in [-0.15, -0.1) is 0 Å². The second kappa shape index (κ2) is 5.29. The number of fused-ring (bicyclic) bond motifs is 1. The van der Waals surface area contributed by atoms with Gasteiger partial charge >= 0.3 is 0 Å². The summed E-state index contributed by atoms with van der Waals surface area (Å²) in [5.74, 6) is 1.07. The van der Waals surface area contributed by atoms with Crippen molar-refractivity contribution in [2.45, 2.75) is 19.4 Å². The van der Waals surface area contributed by atoms with E-state index in [0.717, 1.165) is 42.0 Å². The molecule has 1 atom stereocenters. The number of pyridine rings is 1. The zero-order valence-electron chi connectivity index (χ0n) is 12.2. The van der Waals surface area contributed by atoms with Gasteiger partial charge in [0.15, 0.2) is 0 Å². The van der Waals surface area contributed by atoms with Crippen molar-refractivity contribution < 1.29 is 0 Å². The number of likely N-dealkylation sites (N-methyl/N-ethyl adjacent to an activating group) is 1. The summed E-state index contributed by atoms with van der Waals surface area (Å²) < 4.78 is 0. The molecular formula is C16H22N4. The molecular weight excluding hydrogens is 248 g/mol. The molecule has 0 radical (unpaired) electrons. The van der Waals surface area contributed by atoms with Crippen molar-refractivity contribution in [1.82, 2.24) is 9.88 Å². The van der Waals surface area contributed by atoms with Crippen LogP contribution >= 0.6 is 0 Å². The van der Waals surface area contributed by atoms with Gasteiger partial charge in [-0.05, 0) is 57.3 Å². The third-order valence-corrected chi connectivity index (χ3v) is 4.04. The maximum absolute atomic E-state index is 5.82. The molecule has 20 heavy (non-hydrogen) atoms. The molecule has 1 aliphatic rings. The van der Waals surface area contributed by atoms with E-state index in [0.29, 0.717) is 6.04 Å². The molecule has 1 saturated heterocycles. The van der Waals surface area contributed by atoms with Crippen LogP contribution in [0.3, 0.4) is 0 Å². The summed E-state index contributed by atoms with van der Waals surface area (Å²) in [4.78, 5) is 9.62. The van der Waals surface area contributed by atoms with Crippen LogP contribution in [0, 0.1) is 0 Å². The van der Waals surface area contributed by atoms with Crippen LogP contribution in [0.5, 0.6) is 0 Å². The molecule has 4 nitrogen and oxygen atoms in total. The number of hydrogen-bond donors (Lipinski definition) is 1. The topological polar surface area (TPSA) is 45.4 Å². The standard InChI is InChI=1S/C16H22N4/c1-12-11-19(2)8-3-9-20(12)16-7-4-13-10-14(17)5-6-15(13)18-16/h4-7,10,12H,3,8-9,11,17H2,1-2H3. The van der Waals surface area contributed by atoms with Gasteiger partial charge in [0.05, 0.1) is 5.52 Å². The van der Waals surface area contributed by atoms with Gasteiger partial charge in [0, 0.05) is 30.2 Å². The lowest BCUT2D eigenvalue weighted by Gasteiger charge is -2.29. The lowest BCUT2D eigenvalue weighted by Crippen LogP contribution is -2.38. The van der Waals surface area contributed by atoms with Gasteiger partial charge in [0.1, 0.15) is 5.82 Å². The third kappa shape index (κ3) is 2.56. The molecule has 2 aromatic rings. The Morgan fingerprint density at radius 2 is 2.05 bits per heavy atom. The van der Waals surface area contributed by atoms with Crippen LogP contribution in [-0.2, 0) is 0 Å². The minimum absolute atomic E-state index is 0.487. The highest BCUT2D eigenvalue weighted by Gasteiger charge is 2.20. The van der Waals surface area contributed by atoms with E-state index in [1.807, 2.05) is 18.2 Å². The summed E-state index contributed by atoms with van der Waals surface area (Å²) >= 11 is 0. The van der Waals surface area contributed by atoms with E-state index >= 15 is 0 Å². The van der Waals surface area contributed by atoms with E-state index in [9.17, 15) is 0 Å². The van der Waals surface area contributed by atoms with Crippen molar-refractivity contribution in [2.75, 3.05) is 37.3 Å². The summed E-state index contributed by atoms with van der Waals surface area (Å²) in [5, 5.41) is 1.10. The quantitative estimate of drug-likeness (QED) is 0.808. The monoisotopic (exact) mass is 270 g/mol. The van der Waals surface area contributed by atoms with Crippen molar-refractivity contribution in [3.05, 3.63) is 30.3 Å². The Morgan fingerprint density at radius 3 is 2.90 bits per heavy atom. The van der Waals surface area contributed by atoms with E-state index in [1.165, 1.54) is 6.42 Å². The molecule has 1 aromatic carbocycles. The molecule has 1 fully saturated rings. The predicted octanol–water partition coefficient (Wildman–Crippen LogP) is 2.35. The lowest BCUT2D eigenvalue weighted by atomic mass is 10.2. The zero-order chi connectivity index (χ0) is 14.1. The van der Waals surface area contributed by atoms with Gasteiger partial charge in [0.2, 0.25) is 0 Å². The zero-order valence-corrected chi connectivity index (χ0v) is 12.2. The highest BCUT2D eigenvalue weighted by atomic mass is 15.3. The molecule has 1 unspecified atom stereocenters. The summed E-state index contributed by atoms with van der Waals surface area (Å²) in [5.41, 5.74) is 7.62. The molecule has 3 rings (SSSR count). The van der Waals surface area contributed by atoms with Crippen LogP contribution in [-0.4, -0.2) is 42.6 Å². The van der Waals surface area contributed by atoms with E-state index in [4.69, 9.17) is 10.7 Å². The lowest BCUT2D eigenvalue weighted by molar-refractivity contribution is 0.337. The molecule has 2 heterocycles. The first-order valence-corrected chi connectivity index (χ1v) is 7.25. The predicted molar refractivity (Wildman–Crippen MR) is 85.1 cm³/mol. The average molecular weight is 270 g/mol. The molecule has 2 N–H and O–H groups in total. The number of benzene rings is 1. The van der Waals surface area contributed by atoms with Crippen LogP contribution in [0.4, 0.5) is 11.5 Å². The summed E-state index contributed by atoms with van der Waals surface area (Å²) in [6.07, 6.45) is 1.18. The van der Waals surface area contributed by atoms with Gasteiger partial charge in [-0.25, -0.2) is 4.98 Å². The van der Waals surface area contributed by atoms with E-state index < -0.39 is 0 Å². The second-order valence-electron chi connectivity index (χ2n) is 5.78. The minimum Gasteiger partial charge on any atom is -0.399 e. The maximum atomic E-state index is 5.82. The Bertz CT molecular complexity index is 610. The number of nitrogen functional groups attached to an aromatic ring is 1. The van der Waals surface area contributed by atoms with E-state index in [-0.39, 0.29) is 0 Å². The van der Waals surface area contributed by atoms with Crippen molar-refractivity contribution in [2.24, 2.45) is 0 Å². The summed E-state index contributed by atoms with van der Waals surface area (Å²) in [6.45, 7) is 5.59. The Kier molecular flexibility index (Phi) is 3.49. The van der Waals surface area contributed by atoms with Gasteiger partial charge in [-0.3, -0.25) is 0 Å². The first-order chi connectivity index (χ1) is 9.63. The molecule has 0 spiro atoms. The highest BCUT2D eigenvalue weighted by Crippen LogP contribution is 2.23. The summed E-state index contributed by atoms with van der Waals surface area (Å²) in [7, 11) is 2.19. The molecule has 0 amide bonds. The van der Waals surface area contributed by atoms with Crippen LogP contribution < -0.4 is 10.6 Å². The largest absolute Gasteiger partial charge is 0.399 e. The molecule has 1 aliphatic heterocycles. The van der Waals surface area contributed by atoms with Gasteiger partial charge in [0.25, 0.3) is 0 Å². The number of rotatable bonds is 1. The highest BCUT2D eigenvalue weighted by molar-refractivity contribution is 5.83. The average Bonchev–Trinajstić information content (AvgIpc) is 2.59. The Labute approximate surface area is 120 Å². The maximum Gasteiger partial charge on any atom is 0.129 e. The molecule has 4 heteroatoms. The van der Waals surface area contributed by atoms with Crippen molar-refractivity contribution in [3.63, 3.8) is 0 Å². The Hall–Kier alpha value is -1.81. The molecule has 0 saturated carbocycles. The third-order valence-electron chi connectivity index (χ3n) is 4.04. The number of aromatic nitrogens is 1. The van der Waals surface area contributed by atoms with Crippen molar-refractivity contribution in [1.29, 1.82) is 0 Å². The van der Waals surface area contributed by atoms with Crippen LogP contribution in [0.25, 0.3) is 10.9 Å².